The molecule has 0 unspecified atom stereocenters. The normalized spacial score (nSPS) is 7.64. The van der Waals surface area contributed by atoms with Crippen LogP contribution in [0, 0.1) is 22.7 Å². The van der Waals surface area contributed by atoms with E-state index in [1.807, 2.05) is 6.92 Å². The summed E-state index contributed by atoms with van der Waals surface area (Å²) in [5, 5.41) is 16.9. The molecule has 0 aromatic carbocycles. The molecule has 0 aromatic heterocycles. The lowest BCUT2D eigenvalue weighted by Gasteiger charge is -2.02. The van der Waals surface area contributed by atoms with E-state index in [4.69, 9.17) is 15.3 Å². The molecule has 0 N–H and O–H groups in total. The second-order valence-corrected chi connectivity index (χ2v) is 1.98. The fourth-order valence-corrected chi connectivity index (χ4v) is 0.706. The number of allylic oxidation sites excluding steroid dienone is 2. The number of nitrogens with zero attached hydrogens (tertiary/aromatic N) is 2. The van der Waals surface area contributed by atoms with E-state index < -0.39 is 0 Å². The van der Waals surface area contributed by atoms with E-state index in [2.05, 4.69) is 0 Å². The van der Waals surface area contributed by atoms with Crippen molar-refractivity contribution in [1.82, 2.24) is 0 Å². The third-order valence-corrected chi connectivity index (χ3v) is 1.23. The Bertz CT molecular complexity index is 213. The highest BCUT2D eigenvalue weighted by Crippen LogP contribution is 2.10. The summed E-state index contributed by atoms with van der Waals surface area (Å²) in [4.78, 5) is 0. The first-order chi connectivity index (χ1) is 5.29. The Morgan fingerprint density at radius 2 is 1.91 bits per heavy atom. The quantitative estimate of drug-likeness (QED) is 0.454. The van der Waals surface area contributed by atoms with Crippen LogP contribution in [0.15, 0.2) is 11.3 Å². The topological polar surface area (TPSA) is 56.8 Å². The predicted octanol–water partition coefficient (Wildman–Crippen LogP) is 1.73. The Morgan fingerprint density at radius 3 is 2.18 bits per heavy atom. The molecule has 0 aliphatic carbocycles. The number of hydrogen-bond acceptors (Lipinski definition) is 3. The van der Waals surface area contributed by atoms with E-state index >= 15 is 0 Å². The van der Waals surface area contributed by atoms with Gasteiger partial charge in [-0.3, -0.25) is 0 Å². The molecule has 0 saturated heterocycles. The molecule has 0 amide bonds. The minimum atomic E-state index is 0.0781. The third-order valence-electron chi connectivity index (χ3n) is 1.23. The summed E-state index contributed by atoms with van der Waals surface area (Å²) in [6.07, 6.45) is 1.52. The lowest BCUT2D eigenvalue weighted by molar-refractivity contribution is 0.274. The molecule has 0 spiro atoms. The van der Waals surface area contributed by atoms with Gasteiger partial charge in [-0.15, -0.1) is 0 Å². The molecule has 0 bridgehead atoms. The maximum Gasteiger partial charge on any atom is 0.167 e. The van der Waals surface area contributed by atoms with Crippen molar-refractivity contribution >= 4 is 0 Å². The van der Waals surface area contributed by atoms with Crippen molar-refractivity contribution in [2.45, 2.75) is 19.8 Å². The summed E-state index contributed by atoms with van der Waals surface area (Å²) in [7, 11) is 1.47. The van der Waals surface area contributed by atoms with Crippen LogP contribution >= 0.6 is 0 Å². The van der Waals surface area contributed by atoms with Gasteiger partial charge in [-0.2, -0.15) is 10.5 Å². The Morgan fingerprint density at radius 1 is 1.36 bits per heavy atom. The van der Waals surface area contributed by atoms with E-state index in [1.54, 1.807) is 12.1 Å². The molecule has 3 heteroatoms. The summed E-state index contributed by atoms with van der Waals surface area (Å²) < 4.78 is 4.87. The van der Waals surface area contributed by atoms with E-state index in [0.717, 1.165) is 6.42 Å². The van der Waals surface area contributed by atoms with E-state index in [0.29, 0.717) is 12.2 Å². The Balaban J connectivity index is 4.55. The van der Waals surface area contributed by atoms with Gasteiger partial charge in [0.25, 0.3) is 0 Å². The molecular weight excluding hydrogens is 140 g/mol. The monoisotopic (exact) mass is 150 g/mol. The Hall–Kier alpha value is -1.48. The van der Waals surface area contributed by atoms with E-state index in [9.17, 15) is 0 Å². The van der Waals surface area contributed by atoms with Crippen molar-refractivity contribution in [1.29, 1.82) is 10.5 Å². The summed E-state index contributed by atoms with van der Waals surface area (Å²) in [6.45, 7) is 1.96. The van der Waals surface area contributed by atoms with Crippen LogP contribution in [-0.4, -0.2) is 7.11 Å². The summed E-state index contributed by atoms with van der Waals surface area (Å²) in [5.74, 6) is 0.484. The fraction of sp³-hybridized carbons (Fsp3) is 0.500. The van der Waals surface area contributed by atoms with Gasteiger partial charge in [-0.05, 0) is 6.42 Å². The van der Waals surface area contributed by atoms with Gasteiger partial charge in [-0.25, -0.2) is 0 Å². The molecule has 11 heavy (non-hydrogen) atoms. The fourth-order valence-electron chi connectivity index (χ4n) is 0.706. The zero-order chi connectivity index (χ0) is 8.69. The molecular formula is C8H10N2O. The van der Waals surface area contributed by atoms with Crippen LogP contribution in [0.3, 0.4) is 0 Å². The summed E-state index contributed by atoms with van der Waals surface area (Å²) in [5.41, 5.74) is 0.0781. The second kappa shape index (κ2) is 5.32. The zero-order valence-electron chi connectivity index (χ0n) is 6.72. The molecule has 3 nitrogen and oxygen atoms in total. The average Bonchev–Trinajstić information content (AvgIpc) is 2.05. The van der Waals surface area contributed by atoms with E-state index in [-0.39, 0.29) is 5.57 Å². The molecule has 0 atom stereocenters. The largest absolute Gasteiger partial charge is 0.499 e. The van der Waals surface area contributed by atoms with Crippen LogP contribution in [0.4, 0.5) is 0 Å². The maximum atomic E-state index is 8.44. The van der Waals surface area contributed by atoms with Crippen LogP contribution in [0.2, 0.25) is 0 Å². The highest BCUT2D eigenvalue weighted by atomic mass is 16.5. The first kappa shape index (κ1) is 9.52. The number of hydrogen-bond donors (Lipinski definition) is 0. The summed E-state index contributed by atoms with van der Waals surface area (Å²) in [6, 6.07) is 3.56. The average molecular weight is 150 g/mol. The van der Waals surface area contributed by atoms with Crippen molar-refractivity contribution in [3.05, 3.63) is 11.3 Å². The first-order valence-corrected chi connectivity index (χ1v) is 3.37. The first-order valence-electron chi connectivity index (χ1n) is 3.37. The molecule has 58 valence electrons. The molecule has 0 aromatic rings. The molecule has 0 radical (unpaired) electrons. The standard InChI is InChI=1S/C8H10N2O/c1-3-4-8(11-2)7(5-9)6-10/h3-4H2,1-2H3. The Labute approximate surface area is 66.5 Å². The lowest BCUT2D eigenvalue weighted by Crippen LogP contribution is -1.90. The molecule has 0 aliphatic heterocycles. The second-order valence-electron chi connectivity index (χ2n) is 1.98. The molecule has 0 aliphatic rings. The van der Waals surface area contributed by atoms with Crippen LogP contribution in [0.25, 0.3) is 0 Å². The minimum Gasteiger partial charge on any atom is -0.499 e. The van der Waals surface area contributed by atoms with Crippen LogP contribution < -0.4 is 0 Å². The van der Waals surface area contributed by atoms with E-state index in [1.165, 1.54) is 7.11 Å². The van der Waals surface area contributed by atoms with Crippen molar-refractivity contribution < 1.29 is 4.74 Å². The number of nitriles is 2. The number of rotatable bonds is 3. The van der Waals surface area contributed by atoms with Gasteiger partial charge in [-0.1, -0.05) is 6.92 Å². The van der Waals surface area contributed by atoms with Crippen LogP contribution in [0.1, 0.15) is 19.8 Å². The van der Waals surface area contributed by atoms with Crippen LogP contribution in [0.5, 0.6) is 0 Å². The molecule has 0 rings (SSSR count). The highest BCUT2D eigenvalue weighted by Gasteiger charge is 2.03. The summed E-state index contributed by atoms with van der Waals surface area (Å²) >= 11 is 0. The van der Waals surface area contributed by atoms with Crippen molar-refractivity contribution in [2.75, 3.05) is 7.11 Å². The molecule has 0 heterocycles. The van der Waals surface area contributed by atoms with Gasteiger partial charge >= 0.3 is 0 Å². The van der Waals surface area contributed by atoms with Crippen molar-refractivity contribution in [3.63, 3.8) is 0 Å². The van der Waals surface area contributed by atoms with Crippen molar-refractivity contribution in [3.8, 4) is 12.1 Å². The SMILES string of the molecule is CCCC(OC)=C(C#N)C#N. The third kappa shape index (κ3) is 2.73. The van der Waals surface area contributed by atoms with Crippen molar-refractivity contribution in [2.24, 2.45) is 0 Å². The van der Waals surface area contributed by atoms with Gasteiger partial charge in [0, 0.05) is 6.42 Å². The number of ether oxygens (including phenoxy) is 1. The minimum absolute atomic E-state index is 0.0781. The van der Waals surface area contributed by atoms with Gasteiger partial charge < -0.3 is 4.74 Å². The number of methoxy groups -OCH3 is 1. The van der Waals surface area contributed by atoms with Gasteiger partial charge in [0.15, 0.2) is 5.57 Å². The lowest BCUT2D eigenvalue weighted by atomic mass is 10.2. The smallest absolute Gasteiger partial charge is 0.167 e. The molecule has 0 saturated carbocycles. The van der Waals surface area contributed by atoms with Gasteiger partial charge in [0.05, 0.1) is 7.11 Å². The highest BCUT2D eigenvalue weighted by molar-refractivity contribution is 5.37. The van der Waals surface area contributed by atoms with Gasteiger partial charge in [0.1, 0.15) is 17.9 Å². The van der Waals surface area contributed by atoms with Gasteiger partial charge in [0.2, 0.25) is 0 Å². The Kier molecular flexibility index (Phi) is 4.60. The zero-order valence-corrected chi connectivity index (χ0v) is 6.72. The predicted molar refractivity (Wildman–Crippen MR) is 40.2 cm³/mol. The maximum absolute atomic E-state index is 8.44. The van der Waals surface area contributed by atoms with Crippen LogP contribution in [-0.2, 0) is 4.74 Å². The molecule has 0 fully saturated rings.